The summed E-state index contributed by atoms with van der Waals surface area (Å²) in [5, 5.41) is 2.59. The minimum Gasteiger partial charge on any atom is -0.298 e. The lowest BCUT2D eigenvalue weighted by Crippen LogP contribution is -2.18. The van der Waals surface area contributed by atoms with E-state index < -0.39 is 23.2 Å². The molecule has 0 aliphatic heterocycles. The van der Waals surface area contributed by atoms with Gasteiger partial charge in [-0.1, -0.05) is 11.3 Å². The summed E-state index contributed by atoms with van der Waals surface area (Å²) in [5.74, 6) is -0.882. The molecule has 0 unspecified atom stereocenters. The van der Waals surface area contributed by atoms with Crippen LogP contribution < -0.4 is 5.32 Å². The van der Waals surface area contributed by atoms with Gasteiger partial charge in [0.15, 0.2) is 5.13 Å². The Morgan fingerprint density at radius 3 is 2.75 bits per heavy atom. The van der Waals surface area contributed by atoms with Gasteiger partial charge in [0, 0.05) is 12.4 Å². The number of carbonyl (C=O) groups excluding carboxylic acids is 1. The Morgan fingerprint density at radius 2 is 2.15 bits per heavy atom. The summed E-state index contributed by atoms with van der Waals surface area (Å²) in [5.41, 5.74) is -1.55. The van der Waals surface area contributed by atoms with E-state index in [2.05, 4.69) is 15.3 Å². The molecule has 0 spiro atoms. The number of aromatic nitrogens is 2. The van der Waals surface area contributed by atoms with E-state index in [9.17, 15) is 18.0 Å². The van der Waals surface area contributed by atoms with Crippen LogP contribution in [0.5, 0.6) is 0 Å². The third kappa shape index (κ3) is 3.28. The van der Waals surface area contributed by atoms with Gasteiger partial charge in [-0.2, -0.15) is 13.2 Å². The summed E-state index contributed by atoms with van der Waals surface area (Å²) < 4.78 is 39.2. The number of hydrogen-bond donors (Lipinski definition) is 1. The SMILES string of the molecule is CSc1cnc(NC(=O)c2cnccc2C(F)(F)F)s1. The summed E-state index contributed by atoms with van der Waals surface area (Å²) in [6.45, 7) is 0. The molecular formula is C11H8F3N3OS2. The monoisotopic (exact) mass is 319 g/mol. The van der Waals surface area contributed by atoms with Crippen LogP contribution in [0.2, 0.25) is 0 Å². The van der Waals surface area contributed by atoms with Crippen molar-refractivity contribution in [2.24, 2.45) is 0 Å². The van der Waals surface area contributed by atoms with E-state index in [1.54, 1.807) is 6.20 Å². The van der Waals surface area contributed by atoms with E-state index in [1.807, 2.05) is 6.26 Å². The molecule has 0 atom stereocenters. The largest absolute Gasteiger partial charge is 0.417 e. The minimum atomic E-state index is -4.61. The van der Waals surface area contributed by atoms with Crippen molar-refractivity contribution in [2.45, 2.75) is 10.4 Å². The first-order chi connectivity index (χ1) is 9.41. The van der Waals surface area contributed by atoms with E-state index >= 15 is 0 Å². The van der Waals surface area contributed by atoms with E-state index in [0.717, 1.165) is 22.7 Å². The molecule has 1 N–H and O–H groups in total. The average molecular weight is 319 g/mol. The molecule has 20 heavy (non-hydrogen) atoms. The lowest BCUT2D eigenvalue weighted by Gasteiger charge is -2.11. The zero-order valence-corrected chi connectivity index (χ0v) is 11.7. The lowest BCUT2D eigenvalue weighted by molar-refractivity contribution is -0.137. The molecule has 0 radical (unpaired) electrons. The summed E-state index contributed by atoms with van der Waals surface area (Å²) >= 11 is 2.62. The number of carbonyl (C=O) groups is 1. The minimum absolute atomic E-state index is 0.247. The number of nitrogens with zero attached hydrogens (tertiary/aromatic N) is 2. The standard InChI is InChI=1S/C11H8F3N3OS2/c1-19-8-5-16-10(20-8)17-9(18)6-4-15-3-2-7(6)11(12,13)14/h2-5H,1H3,(H,16,17,18). The number of pyridine rings is 1. The van der Waals surface area contributed by atoms with Crippen LogP contribution in [0, 0.1) is 0 Å². The number of rotatable bonds is 3. The number of alkyl halides is 3. The van der Waals surface area contributed by atoms with Gasteiger partial charge in [-0.3, -0.25) is 15.1 Å². The molecule has 0 saturated heterocycles. The van der Waals surface area contributed by atoms with Gasteiger partial charge in [0.2, 0.25) is 0 Å². The number of halogens is 3. The molecule has 2 rings (SSSR count). The normalized spacial score (nSPS) is 11.4. The maximum Gasteiger partial charge on any atom is 0.417 e. The zero-order chi connectivity index (χ0) is 14.8. The summed E-state index contributed by atoms with van der Waals surface area (Å²) in [7, 11) is 0. The second-order valence-electron chi connectivity index (χ2n) is 3.56. The predicted molar refractivity (Wildman–Crippen MR) is 71.1 cm³/mol. The van der Waals surface area contributed by atoms with Crippen molar-refractivity contribution < 1.29 is 18.0 Å². The number of thiazole rings is 1. The fourth-order valence-electron chi connectivity index (χ4n) is 1.40. The van der Waals surface area contributed by atoms with Crippen LogP contribution in [0.15, 0.2) is 28.9 Å². The third-order valence-electron chi connectivity index (χ3n) is 2.28. The number of amides is 1. The van der Waals surface area contributed by atoms with Gasteiger partial charge >= 0.3 is 6.18 Å². The first kappa shape index (κ1) is 14.8. The van der Waals surface area contributed by atoms with Crippen LogP contribution in [0.3, 0.4) is 0 Å². The Kier molecular flexibility index (Phi) is 4.29. The molecule has 2 aromatic heterocycles. The Hall–Kier alpha value is -1.61. The molecule has 0 aromatic carbocycles. The third-order valence-corrected chi connectivity index (χ3v) is 4.24. The molecular weight excluding hydrogens is 311 g/mol. The highest BCUT2D eigenvalue weighted by Crippen LogP contribution is 2.32. The van der Waals surface area contributed by atoms with Gasteiger partial charge in [0.05, 0.1) is 21.5 Å². The van der Waals surface area contributed by atoms with Crippen molar-refractivity contribution in [3.05, 3.63) is 35.8 Å². The highest BCUT2D eigenvalue weighted by atomic mass is 32.2. The Bertz CT molecular complexity index is 627. The van der Waals surface area contributed by atoms with Gasteiger partial charge in [-0.25, -0.2) is 4.98 Å². The van der Waals surface area contributed by atoms with E-state index in [1.165, 1.54) is 23.1 Å². The summed E-state index contributed by atoms with van der Waals surface area (Å²) in [4.78, 5) is 19.4. The fraction of sp³-hybridized carbons (Fsp3) is 0.182. The summed E-state index contributed by atoms with van der Waals surface area (Å²) in [6, 6.07) is 0.768. The maximum atomic E-state index is 12.8. The lowest BCUT2D eigenvalue weighted by atomic mass is 10.1. The molecule has 2 heterocycles. The number of thioether (sulfide) groups is 1. The van der Waals surface area contributed by atoms with Crippen molar-refractivity contribution >= 4 is 34.1 Å². The molecule has 0 aliphatic carbocycles. The van der Waals surface area contributed by atoms with Gasteiger partial charge in [-0.05, 0) is 12.3 Å². The second-order valence-corrected chi connectivity index (χ2v) is 5.70. The molecule has 0 bridgehead atoms. The molecule has 4 nitrogen and oxygen atoms in total. The topological polar surface area (TPSA) is 54.9 Å². The Morgan fingerprint density at radius 1 is 1.40 bits per heavy atom. The Balaban J connectivity index is 2.25. The van der Waals surface area contributed by atoms with Gasteiger partial charge in [0.25, 0.3) is 5.91 Å². The van der Waals surface area contributed by atoms with E-state index in [4.69, 9.17) is 0 Å². The highest BCUT2D eigenvalue weighted by molar-refractivity contribution is 8.00. The number of nitrogens with one attached hydrogen (secondary N) is 1. The quantitative estimate of drug-likeness (QED) is 0.879. The van der Waals surface area contributed by atoms with Crippen molar-refractivity contribution in [2.75, 3.05) is 11.6 Å². The molecule has 106 valence electrons. The fourth-order valence-corrected chi connectivity index (χ4v) is 2.67. The smallest absolute Gasteiger partial charge is 0.298 e. The second kappa shape index (κ2) is 5.80. The number of anilines is 1. The summed E-state index contributed by atoms with van der Waals surface area (Å²) in [6.07, 6.45) is 0.653. The van der Waals surface area contributed by atoms with Crippen molar-refractivity contribution in [1.82, 2.24) is 9.97 Å². The maximum absolute atomic E-state index is 12.8. The molecule has 2 aromatic rings. The molecule has 0 aliphatic rings. The van der Waals surface area contributed by atoms with Crippen LogP contribution in [-0.2, 0) is 6.18 Å². The molecule has 9 heteroatoms. The van der Waals surface area contributed by atoms with Crippen LogP contribution in [0.4, 0.5) is 18.3 Å². The van der Waals surface area contributed by atoms with Crippen LogP contribution in [0.25, 0.3) is 0 Å². The molecule has 0 saturated carbocycles. The van der Waals surface area contributed by atoms with Gasteiger partial charge in [0.1, 0.15) is 0 Å². The van der Waals surface area contributed by atoms with Gasteiger partial charge < -0.3 is 0 Å². The Labute approximate surface area is 120 Å². The average Bonchev–Trinajstić information content (AvgIpc) is 2.85. The zero-order valence-electron chi connectivity index (χ0n) is 10.1. The van der Waals surface area contributed by atoms with Crippen molar-refractivity contribution in [1.29, 1.82) is 0 Å². The molecule has 0 fully saturated rings. The van der Waals surface area contributed by atoms with Crippen molar-refractivity contribution in [3.8, 4) is 0 Å². The van der Waals surface area contributed by atoms with Gasteiger partial charge in [-0.15, -0.1) is 11.8 Å². The van der Waals surface area contributed by atoms with Crippen LogP contribution in [-0.4, -0.2) is 22.1 Å². The van der Waals surface area contributed by atoms with Crippen LogP contribution in [0.1, 0.15) is 15.9 Å². The highest BCUT2D eigenvalue weighted by Gasteiger charge is 2.35. The number of hydrogen-bond acceptors (Lipinski definition) is 5. The molecule has 1 amide bonds. The van der Waals surface area contributed by atoms with Crippen LogP contribution >= 0.6 is 23.1 Å². The first-order valence-electron chi connectivity index (χ1n) is 5.24. The first-order valence-corrected chi connectivity index (χ1v) is 7.28. The predicted octanol–water partition coefficient (Wildman–Crippen LogP) is 3.53. The van der Waals surface area contributed by atoms with Crippen molar-refractivity contribution in [3.63, 3.8) is 0 Å². The van der Waals surface area contributed by atoms with E-state index in [0.29, 0.717) is 0 Å². The van der Waals surface area contributed by atoms with E-state index in [-0.39, 0.29) is 5.13 Å².